The molecule has 0 N–H and O–H groups in total. The molecule has 5 heteroatoms. The van der Waals surface area contributed by atoms with Crippen molar-refractivity contribution in [2.24, 2.45) is 0 Å². The van der Waals surface area contributed by atoms with E-state index in [-0.39, 0.29) is 23.9 Å². The number of carbonyl (C=O) groups excluding carboxylic acids is 1. The van der Waals surface area contributed by atoms with Crippen molar-refractivity contribution in [3.63, 3.8) is 0 Å². The third-order valence-corrected chi connectivity index (χ3v) is 6.24. The molecule has 0 bridgehead atoms. The maximum Gasteiger partial charge on any atom is 0.312 e. The Kier molecular flexibility index (Phi) is 3.91. The summed E-state index contributed by atoms with van der Waals surface area (Å²) in [6.07, 6.45) is 0.176. The van der Waals surface area contributed by atoms with Gasteiger partial charge < -0.3 is 4.74 Å². The van der Waals surface area contributed by atoms with Crippen molar-refractivity contribution in [1.82, 2.24) is 4.57 Å². The summed E-state index contributed by atoms with van der Waals surface area (Å²) in [6.45, 7) is 2.03. The van der Waals surface area contributed by atoms with E-state index in [1.54, 1.807) is 15.9 Å². The minimum absolute atomic E-state index is 0.136. The molecule has 0 saturated heterocycles. The van der Waals surface area contributed by atoms with Gasteiger partial charge in [0.05, 0.1) is 17.5 Å². The average molecular weight is 387 g/mol. The first kappa shape index (κ1) is 17.0. The van der Waals surface area contributed by atoms with Crippen molar-refractivity contribution in [1.29, 1.82) is 0 Å². The van der Waals surface area contributed by atoms with Crippen LogP contribution in [0.1, 0.15) is 27.7 Å². The normalized spacial score (nSPS) is 16.0. The molecule has 4 nitrogen and oxygen atoms in total. The minimum atomic E-state index is -0.300. The summed E-state index contributed by atoms with van der Waals surface area (Å²) in [7, 11) is 0. The van der Waals surface area contributed by atoms with Gasteiger partial charge in [0.15, 0.2) is 0 Å². The highest BCUT2D eigenvalue weighted by Crippen LogP contribution is 2.42. The fourth-order valence-electron chi connectivity index (χ4n) is 3.89. The van der Waals surface area contributed by atoms with E-state index < -0.39 is 0 Å². The molecule has 0 fully saturated rings. The number of thiophene rings is 1. The number of nitrogens with zero attached hydrogens (tertiary/aromatic N) is 1. The molecule has 0 spiro atoms. The molecule has 1 aliphatic rings. The summed E-state index contributed by atoms with van der Waals surface area (Å²) >= 11 is 1.62. The number of aromatic nitrogens is 1. The van der Waals surface area contributed by atoms with Gasteiger partial charge in [-0.1, -0.05) is 30.3 Å². The predicted octanol–water partition coefficient (Wildman–Crippen LogP) is 4.80. The average Bonchev–Trinajstić information content (AvgIpc) is 3.14. The first-order valence-electron chi connectivity index (χ1n) is 9.13. The quantitative estimate of drug-likeness (QED) is 0.464. The van der Waals surface area contributed by atoms with E-state index in [4.69, 9.17) is 4.74 Å². The van der Waals surface area contributed by atoms with Crippen molar-refractivity contribution in [2.75, 3.05) is 0 Å². The Morgan fingerprint density at radius 2 is 1.71 bits per heavy atom. The van der Waals surface area contributed by atoms with Crippen molar-refractivity contribution in [2.45, 2.75) is 19.3 Å². The van der Waals surface area contributed by atoms with Crippen LogP contribution in [0.2, 0.25) is 0 Å². The zero-order chi connectivity index (χ0) is 19.3. The van der Waals surface area contributed by atoms with Gasteiger partial charge in [-0.2, -0.15) is 0 Å². The lowest BCUT2D eigenvalue weighted by Gasteiger charge is -2.26. The molecule has 4 aromatic rings. The number of hydrogen-bond donors (Lipinski definition) is 0. The van der Waals surface area contributed by atoms with Crippen LogP contribution in [0.4, 0.5) is 0 Å². The first-order chi connectivity index (χ1) is 13.6. The Hall–Kier alpha value is -3.18. The molecule has 1 atom stereocenters. The lowest BCUT2D eigenvalue weighted by molar-refractivity contribution is -0.135. The number of ether oxygens (including phenoxy) is 1. The van der Waals surface area contributed by atoms with Crippen LogP contribution in [0.5, 0.6) is 5.75 Å². The van der Waals surface area contributed by atoms with Crippen LogP contribution in [-0.4, -0.2) is 10.5 Å². The number of hydrogen-bond acceptors (Lipinski definition) is 4. The van der Waals surface area contributed by atoms with Crippen molar-refractivity contribution in [3.05, 3.63) is 92.4 Å². The number of aryl methyl sites for hydroxylation is 1. The third-order valence-electron chi connectivity index (χ3n) is 5.12. The topological polar surface area (TPSA) is 48.3 Å². The molecule has 0 aliphatic carbocycles. The highest BCUT2D eigenvalue weighted by atomic mass is 32.1. The lowest BCUT2D eigenvalue weighted by Crippen LogP contribution is -2.31. The van der Waals surface area contributed by atoms with E-state index in [1.165, 1.54) is 0 Å². The van der Waals surface area contributed by atoms with Crippen LogP contribution in [0.15, 0.2) is 71.5 Å². The van der Waals surface area contributed by atoms with Gasteiger partial charge in [0.2, 0.25) is 0 Å². The van der Waals surface area contributed by atoms with Gasteiger partial charge in [0.25, 0.3) is 5.56 Å². The number of pyridine rings is 1. The van der Waals surface area contributed by atoms with Crippen molar-refractivity contribution < 1.29 is 9.53 Å². The monoisotopic (exact) mass is 387 g/mol. The molecule has 28 heavy (non-hydrogen) atoms. The van der Waals surface area contributed by atoms with Crippen LogP contribution >= 0.6 is 11.3 Å². The molecule has 2 aromatic heterocycles. The number of fused-ring (bicyclic) bond motifs is 3. The lowest BCUT2D eigenvalue weighted by atomic mass is 9.90. The number of carbonyl (C=O) groups is 1. The Balaban J connectivity index is 1.89. The van der Waals surface area contributed by atoms with Crippen LogP contribution in [0.25, 0.3) is 16.6 Å². The van der Waals surface area contributed by atoms with E-state index >= 15 is 0 Å². The second kappa shape index (κ2) is 6.46. The van der Waals surface area contributed by atoms with Gasteiger partial charge in [-0.05, 0) is 43.3 Å². The molecular weight excluding hydrogens is 370 g/mol. The van der Waals surface area contributed by atoms with Gasteiger partial charge >= 0.3 is 5.97 Å². The van der Waals surface area contributed by atoms with Crippen LogP contribution < -0.4 is 10.3 Å². The Labute approximate surface area is 165 Å². The molecule has 0 radical (unpaired) electrons. The number of para-hydroxylation sites is 2. The van der Waals surface area contributed by atoms with Crippen LogP contribution in [0, 0.1) is 6.92 Å². The molecule has 3 heterocycles. The molecule has 0 saturated carbocycles. The predicted molar refractivity (Wildman–Crippen MR) is 111 cm³/mol. The van der Waals surface area contributed by atoms with E-state index in [9.17, 15) is 9.59 Å². The number of esters is 1. The maximum absolute atomic E-state index is 13.7. The standard InChI is InChI=1S/C23H17NO3S/c1-14-11-12-19(28-14)17-13-20(25)27-22-16-9-5-6-10-18(16)24(23(26)21(17)22)15-7-3-2-4-8-15/h2-12,17H,13H2,1H3. The highest BCUT2D eigenvalue weighted by molar-refractivity contribution is 7.12. The van der Waals surface area contributed by atoms with Crippen LogP contribution in [0.3, 0.4) is 0 Å². The molecule has 1 unspecified atom stereocenters. The van der Waals surface area contributed by atoms with Gasteiger partial charge in [0, 0.05) is 26.7 Å². The summed E-state index contributed by atoms with van der Waals surface area (Å²) < 4.78 is 7.35. The summed E-state index contributed by atoms with van der Waals surface area (Å²) in [5.74, 6) is -0.187. The summed E-state index contributed by atoms with van der Waals surface area (Å²) in [5, 5.41) is 0.771. The SMILES string of the molecule is Cc1ccc(C2CC(=O)Oc3c2c(=O)n(-c2ccccc2)c2ccccc32)s1. The fourth-order valence-corrected chi connectivity index (χ4v) is 4.88. The first-order valence-corrected chi connectivity index (χ1v) is 9.95. The minimum Gasteiger partial charge on any atom is -0.425 e. The highest BCUT2D eigenvalue weighted by Gasteiger charge is 2.34. The van der Waals surface area contributed by atoms with E-state index in [2.05, 4.69) is 0 Å². The number of benzene rings is 2. The third kappa shape index (κ3) is 2.59. The Morgan fingerprint density at radius 1 is 0.964 bits per heavy atom. The summed E-state index contributed by atoms with van der Waals surface area (Å²) in [4.78, 5) is 28.3. The largest absolute Gasteiger partial charge is 0.425 e. The van der Waals surface area contributed by atoms with E-state index in [1.807, 2.05) is 73.7 Å². The van der Waals surface area contributed by atoms with Gasteiger partial charge in [-0.3, -0.25) is 14.2 Å². The summed E-state index contributed by atoms with van der Waals surface area (Å²) in [5.41, 5.74) is 1.95. The van der Waals surface area contributed by atoms with E-state index in [0.717, 1.165) is 26.3 Å². The molecule has 2 aromatic carbocycles. The molecule has 1 aliphatic heterocycles. The maximum atomic E-state index is 13.7. The van der Waals surface area contributed by atoms with Gasteiger partial charge in [-0.25, -0.2) is 0 Å². The van der Waals surface area contributed by atoms with Crippen molar-refractivity contribution in [3.8, 4) is 11.4 Å². The Bertz CT molecular complexity index is 1270. The second-order valence-electron chi connectivity index (χ2n) is 6.92. The molecular formula is C23H17NO3S. The van der Waals surface area contributed by atoms with E-state index in [0.29, 0.717) is 11.3 Å². The number of rotatable bonds is 2. The Morgan fingerprint density at radius 3 is 2.46 bits per heavy atom. The van der Waals surface area contributed by atoms with Crippen molar-refractivity contribution >= 4 is 28.2 Å². The van der Waals surface area contributed by atoms with Crippen LogP contribution in [-0.2, 0) is 4.79 Å². The fraction of sp³-hybridized carbons (Fsp3) is 0.130. The molecule has 138 valence electrons. The zero-order valence-corrected chi connectivity index (χ0v) is 16.0. The second-order valence-corrected chi connectivity index (χ2v) is 8.23. The smallest absolute Gasteiger partial charge is 0.312 e. The van der Waals surface area contributed by atoms with Gasteiger partial charge in [-0.15, -0.1) is 11.3 Å². The van der Waals surface area contributed by atoms with Gasteiger partial charge in [0.1, 0.15) is 5.75 Å². The zero-order valence-electron chi connectivity index (χ0n) is 15.2. The molecule has 5 rings (SSSR count). The molecule has 0 amide bonds. The summed E-state index contributed by atoms with van der Waals surface area (Å²) in [6, 6.07) is 21.2.